The number of carbonyl (C=O) groups is 3. The first-order chi connectivity index (χ1) is 18.5. The van der Waals surface area contributed by atoms with Crippen molar-refractivity contribution in [2.45, 2.75) is 54.8 Å². The van der Waals surface area contributed by atoms with Gasteiger partial charge in [0.1, 0.15) is 18.6 Å². The van der Waals surface area contributed by atoms with Gasteiger partial charge in [-0.1, -0.05) is 13.2 Å². The Morgan fingerprint density at radius 3 is 1.26 bits per heavy atom. The first kappa shape index (κ1) is 38.8. The molecule has 22 heteroatoms. The Labute approximate surface area is 223 Å². The van der Waals surface area contributed by atoms with Gasteiger partial charge in [0.15, 0.2) is 6.61 Å². The lowest BCUT2D eigenvalue weighted by Gasteiger charge is -2.42. The zero-order chi connectivity index (χ0) is 34.0. The molecule has 0 aliphatic rings. The van der Waals surface area contributed by atoms with Crippen molar-refractivity contribution in [3.05, 3.63) is 25.3 Å². The van der Waals surface area contributed by atoms with E-state index in [0.717, 1.165) is 0 Å². The maximum atomic E-state index is 14.0. The molecule has 6 nitrogen and oxygen atoms in total. The highest BCUT2D eigenvalue weighted by Gasteiger charge is 2.93. The molecule has 0 heterocycles. The lowest BCUT2D eigenvalue weighted by atomic mass is 9.89. The van der Waals surface area contributed by atoms with E-state index in [-0.39, 0.29) is 0 Å². The summed E-state index contributed by atoms with van der Waals surface area (Å²) in [7, 11) is 0. The fourth-order valence-electron chi connectivity index (χ4n) is 2.33. The average molecular weight is 656 g/mol. The Morgan fingerprint density at radius 2 is 0.929 bits per heavy atom. The van der Waals surface area contributed by atoms with Gasteiger partial charge in [-0.3, -0.25) is 4.79 Å². The molecule has 0 aliphatic heterocycles. The van der Waals surface area contributed by atoms with Crippen molar-refractivity contribution in [1.82, 2.24) is 0 Å². The molecule has 0 aliphatic carbocycles. The van der Waals surface area contributed by atoms with Gasteiger partial charge in [0.2, 0.25) is 0 Å². The molecule has 0 radical (unpaired) electrons. The first-order valence-corrected chi connectivity index (χ1v) is 10.2. The quantitative estimate of drug-likeness (QED) is 0.0918. The Kier molecular flexibility index (Phi) is 11.2. The number of esters is 3. The smallest absolute Gasteiger partial charge is 0.385 e. The fourth-order valence-corrected chi connectivity index (χ4v) is 2.33. The van der Waals surface area contributed by atoms with Crippen molar-refractivity contribution < 1.29 is 98.8 Å². The standard InChI is InChI=1S/C20H16F16O6/c1-4-9(37)40-6-13(3,7-41-10(38)5-2)12(39)42-8-14(23,24)16(27,28)18(31,32)20(35,36)19(33,34)17(29,30)15(25,26)11(21)22/h4-5,11H,1-2,6-8H2,3H3. The number of hydrogen-bond acceptors (Lipinski definition) is 6. The van der Waals surface area contributed by atoms with Gasteiger partial charge in [0, 0.05) is 12.2 Å². The summed E-state index contributed by atoms with van der Waals surface area (Å²) in [5, 5.41) is 0. The molecule has 244 valence electrons. The van der Waals surface area contributed by atoms with Crippen molar-refractivity contribution in [2.24, 2.45) is 5.41 Å². The molecule has 0 aromatic heterocycles. The van der Waals surface area contributed by atoms with Crippen LogP contribution in [0.4, 0.5) is 70.2 Å². The van der Waals surface area contributed by atoms with Gasteiger partial charge in [-0.2, -0.15) is 61.5 Å². The Balaban J connectivity index is 6.40. The summed E-state index contributed by atoms with van der Waals surface area (Å²) < 4.78 is 227. The number of halogens is 16. The molecular formula is C20H16F16O6. The lowest BCUT2D eigenvalue weighted by molar-refractivity contribution is -0.447. The van der Waals surface area contributed by atoms with Gasteiger partial charge >= 0.3 is 65.8 Å². The highest BCUT2D eigenvalue weighted by atomic mass is 19.4. The predicted octanol–water partition coefficient (Wildman–Crippen LogP) is 5.71. The summed E-state index contributed by atoms with van der Waals surface area (Å²) in [4.78, 5) is 34.6. The second-order valence-corrected chi connectivity index (χ2v) is 8.26. The van der Waals surface area contributed by atoms with E-state index in [2.05, 4.69) is 27.4 Å². The predicted molar refractivity (Wildman–Crippen MR) is 102 cm³/mol. The van der Waals surface area contributed by atoms with Gasteiger partial charge in [-0.25, -0.2) is 18.4 Å². The van der Waals surface area contributed by atoms with Gasteiger partial charge < -0.3 is 14.2 Å². The van der Waals surface area contributed by atoms with E-state index < -0.39 is 91.0 Å². The SMILES string of the molecule is C=CC(=O)OCC(C)(COC(=O)C=C)C(=O)OCC(F)(F)C(F)(F)C(F)(F)C(F)(F)C(F)(F)C(F)(F)C(F)(F)C(F)F. The summed E-state index contributed by atoms with van der Waals surface area (Å²) in [5.41, 5.74) is -2.69. The highest BCUT2D eigenvalue weighted by molar-refractivity contribution is 5.83. The molecule has 0 rings (SSSR count). The van der Waals surface area contributed by atoms with Crippen LogP contribution in [0.15, 0.2) is 25.3 Å². The van der Waals surface area contributed by atoms with Crippen molar-refractivity contribution >= 4 is 17.9 Å². The number of ether oxygens (including phenoxy) is 3. The van der Waals surface area contributed by atoms with Crippen LogP contribution >= 0.6 is 0 Å². The number of rotatable bonds is 16. The van der Waals surface area contributed by atoms with Crippen molar-refractivity contribution in [1.29, 1.82) is 0 Å². The minimum absolute atomic E-state index is 0.439. The second kappa shape index (κ2) is 12.2. The molecule has 0 atom stereocenters. The maximum absolute atomic E-state index is 14.0. The zero-order valence-electron chi connectivity index (χ0n) is 20.3. The minimum atomic E-state index is -8.62. The fraction of sp³-hybridized carbons (Fsp3) is 0.650. The highest BCUT2D eigenvalue weighted by Crippen LogP contribution is 2.62. The van der Waals surface area contributed by atoms with Crippen molar-refractivity contribution in [3.8, 4) is 0 Å². The Bertz CT molecular complexity index is 1020. The van der Waals surface area contributed by atoms with Crippen LogP contribution in [0.5, 0.6) is 0 Å². The van der Waals surface area contributed by atoms with Gasteiger partial charge in [-0.05, 0) is 6.92 Å². The number of alkyl halides is 16. The zero-order valence-corrected chi connectivity index (χ0v) is 20.3. The summed E-state index contributed by atoms with van der Waals surface area (Å²) in [6, 6.07) is 0. The normalized spacial score (nSPS) is 14.3. The van der Waals surface area contributed by atoms with Crippen LogP contribution in [0, 0.1) is 5.41 Å². The topological polar surface area (TPSA) is 78.9 Å². The van der Waals surface area contributed by atoms with E-state index in [1.807, 2.05) is 0 Å². The summed E-state index contributed by atoms with van der Waals surface area (Å²) in [6.07, 6.45) is -5.10. The van der Waals surface area contributed by atoms with Crippen LogP contribution in [0.2, 0.25) is 0 Å². The molecule has 0 fully saturated rings. The first-order valence-electron chi connectivity index (χ1n) is 10.2. The van der Waals surface area contributed by atoms with Crippen LogP contribution < -0.4 is 0 Å². The molecule has 0 saturated carbocycles. The van der Waals surface area contributed by atoms with Gasteiger partial charge in [-0.15, -0.1) is 0 Å². The molecule has 0 N–H and O–H groups in total. The van der Waals surface area contributed by atoms with Crippen LogP contribution in [-0.2, 0) is 28.6 Å². The van der Waals surface area contributed by atoms with E-state index in [4.69, 9.17) is 0 Å². The molecule has 0 unspecified atom stereocenters. The number of hydrogen-bond donors (Lipinski definition) is 0. The summed E-state index contributed by atoms with van der Waals surface area (Å²) >= 11 is 0. The molecule has 0 saturated heterocycles. The van der Waals surface area contributed by atoms with E-state index in [1.54, 1.807) is 0 Å². The second-order valence-electron chi connectivity index (χ2n) is 8.26. The molecule has 0 spiro atoms. The average Bonchev–Trinajstić information content (AvgIpc) is 2.87. The third-order valence-electron chi connectivity index (χ3n) is 5.01. The monoisotopic (exact) mass is 656 g/mol. The Morgan fingerprint density at radius 1 is 0.595 bits per heavy atom. The van der Waals surface area contributed by atoms with Crippen molar-refractivity contribution in [2.75, 3.05) is 19.8 Å². The summed E-state index contributed by atoms with van der Waals surface area (Å²) in [6.45, 7) is 0.196. The third-order valence-corrected chi connectivity index (χ3v) is 5.01. The largest absolute Gasteiger partial charge is 0.461 e. The molecule has 0 amide bonds. The van der Waals surface area contributed by atoms with E-state index >= 15 is 0 Å². The van der Waals surface area contributed by atoms with E-state index in [0.29, 0.717) is 19.1 Å². The van der Waals surface area contributed by atoms with E-state index in [9.17, 15) is 84.6 Å². The van der Waals surface area contributed by atoms with E-state index in [1.165, 1.54) is 0 Å². The Hall–Kier alpha value is -3.23. The van der Waals surface area contributed by atoms with Crippen LogP contribution in [-0.4, -0.2) is 85.6 Å². The van der Waals surface area contributed by atoms with Crippen molar-refractivity contribution in [3.63, 3.8) is 0 Å². The van der Waals surface area contributed by atoms with Crippen LogP contribution in [0.3, 0.4) is 0 Å². The minimum Gasteiger partial charge on any atom is -0.461 e. The molecular weight excluding hydrogens is 640 g/mol. The number of carbonyl (C=O) groups excluding carboxylic acids is 3. The molecule has 0 aromatic carbocycles. The maximum Gasteiger partial charge on any atom is 0.385 e. The molecule has 42 heavy (non-hydrogen) atoms. The molecule has 0 aromatic rings. The lowest BCUT2D eigenvalue weighted by Crippen LogP contribution is -2.74. The van der Waals surface area contributed by atoms with Gasteiger partial charge in [0.25, 0.3) is 0 Å². The summed E-state index contributed by atoms with van der Waals surface area (Å²) in [5.74, 6) is -61.4. The third kappa shape index (κ3) is 6.55. The van der Waals surface area contributed by atoms with Crippen LogP contribution in [0.25, 0.3) is 0 Å². The van der Waals surface area contributed by atoms with Crippen LogP contribution in [0.1, 0.15) is 6.92 Å². The van der Waals surface area contributed by atoms with Gasteiger partial charge in [0.05, 0.1) is 0 Å². The molecule has 0 bridgehead atoms.